The summed E-state index contributed by atoms with van der Waals surface area (Å²) in [5.74, 6) is 0.474. The summed E-state index contributed by atoms with van der Waals surface area (Å²) in [6.45, 7) is 0.744. The molecule has 0 fully saturated rings. The number of aromatic nitrogens is 2. The van der Waals surface area contributed by atoms with Crippen molar-refractivity contribution in [2.75, 3.05) is 11.9 Å². The molecular formula is C15H19N3O2. The van der Waals surface area contributed by atoms with Crippen molar-refractivity contribution in [2.24, 2.45) is 0 Å². The van der Waals surface area contributed by atoms with E-state index in [1.165, 1.54) is 11.6 Å². The van der Waals surface area contributed by atoms with Crippen LogP contribution in [0.15, 0.2) is 46.0 Å². The van der Waals surface area contributed by atoms with E-state index in [1.807, 2.05) is 6.07 Å². The minimum atomic E-state index is -0.482. The van der Waals surface area contributed by atoms with Crippen LogP contribution in [0, 0.1) is 0 Å². The summed E-state index contributed by atoms with van der Waals surface area (Å²) in [4.78, 5) is 26.8. The Morgan fingerprint density at radius 3 is 2.50 bits per heavy atom. The quantitative estimate of drug-likeness (QED) is 0.674. The molecule has 106 valence electrons. The van der Waals surface area contributed by atoms with Crippen LogP contribution in [-0.4, -0.2) is 16.5 Å². The van der Waals surface area contributed by atoms with Gasteiger partial charge in [0.2, 0.25) is 0 Å². The Labute approximate surface area is 117 Å². The van der Waals surface area contributed by atoms with Crippen molar-refractivity contribution in [3.8, 4) is 0 Å². The first-order valence-electron chi connectivity index (χ1n) is 6.85. The molecular weight excluding hydrogens is 254 g/mol. The molecule has 3 N–H and O–H groups in total. The molecule has 0 aliphatic rings. The first-order chi connectivity index (χ1) is 9.74. The summed E-state index contributed by atoms with van der Waals surface area (Å²) in [5, 5.41) is 3.05. The SMILES string of the molecule is O=c1cc(NCCCCCc2ccccc2)[nH]c(=O)[nH]1. The first-order valence-corrected chi connectivity index (χ1v) is 6.85. The van der Waals surface area contributed by atoms with E-state index in [9.17, 15) is 9.59 Å². The molecule has 1 heterocycles. The van der Waals surface area contributed by atoms with Crippen LogP contribution < -0.4 is 16.6 Å². The molecule has 0 aliphatic carbocycles. The third kappa shape index (κ3) is 4.76. The summed E-state index contributed by atoms with van der Waals surface area (Å²) < 4.78 is 0. The Morgan fingerprint density at radius 2 is 1.75 bits per heavy atom. The lowest BCUT2D eigenvalue weighted by molar-refractivity contribution is 0.697. The second-order valence-corrected chi connectivity index (χ2v) is 4.72. The molecule has 0 saturated carbocycles. The topological polar surface area (TPSA) is 77.8 Å². The van der Waals surface area contributed by atoms with Gasteiger partial charge >= 0.3 is 5.69 Å². The predicted octanol–water partition coefficient (Wildman–Crippen LogP) is 1.89. The first kappa shape index (κ1) is 14.1. The highest BCUT2D eigenvalue weighted by atomic mass is 16.2. The second kappa shape index (κ2) is 7.33. The summed E-state index contributed by atoms with van der Waals surface area (Å²) in [6, 6.07) is 11.8. The maximum absolute atomic E-state index is 11.1. The summed E-state index contributed by atoms with van der Waals surface area (Å²) in [5.41, 5.74) is 0.490. The summed E-state index contributed by atoms with van der Waals surface area (Å²) in [7, 11) is 0. The third-order valence-corrected chi connectivity index (χ3v) is 3.06. The second-order valence-electron chi connectivity index (χ2n) is 4.72. The summed E-state index contributed by atoms with van der Waals surface area (Å²) in [6.07, 6.45) is 4.33. The lowest BCUT2D eigenvalue weighted by Gasteiger charge is -2.05. The predicted molar refractivity (Wildman–Crippen MR) is 80.2 cm³/mol. The van der Waals surface area contributed by atoms with Crippen molar-refractivity contribution < 1.29 is 0 Å². The van der Waals surface area contributed by atoms with Gasteiger partial charge in [-0.05, 0) is 24.8 Å². The van der Waals surface area contributed by atoms with Crippen molar-refractivity contribution in [1.29, 1.82) is 0 Å². The molecule has 0 radical (unpaired) electrons. The molecule has 0 amide bonds. The van der Waals surface area contributed by atoms with Gasteiger partial charge in [-0.15, -0.1) is 0 Å². The van der Waals surface area contributed by atoms with Gasteiger partial charge in [0.15, 0.2) is 0 Å². The number of hydrogen-bond donors (Lipinski definition) is 3. The highest BCUT2D eigenvalue weighted by Gasteiger charge is 1.96. The monoisotopic (exact) mass is 273 g/mol. The summed E-state index contributed by atoms with van der Waals surface area (Å²) >= 11 is 0. The molecule has 0 saturated heterocycles. The molecule has 2 rings (SSSR count). The molecule has 2 aromatic rings. The van der Waals surface area contributed by atoms with Crippen molar-refractivity contribution >= 4 is 5.82 Å². The van der Waals surface area contributed by atoms with E-state index >= 15 is 0 Å². The lowest BCUT2D eigenvalue weighted by Crippen LogP contribution is -2.23. The standard InChI is InChI=1S/C15H19N3O2/c19-14-11-13(17-15(20)18-14)16-10-6-2-5-9-12-7-3-1-4-8-12/h1,3-4,7-8,11H,2,5-6,9-10H2,(H3,16,17,18,19,20). The smallest absolute Gasteiger partial charge is 0.327 e. The highest BCUT2D eigenvalue weighted by molar-refractivity contribution is 5.31. The van der Waals surface area contributed by atoms with Crippen LogP contribution in [0.3, 0.4) is 0 Å². The fourth-order valence-corrected chi connectivity index (χ4v) is 2.06. The van der Waals surface area contributed by atoms with Crippen LogP contribution >= 0.6 is 0 Å². The number of unbranched alkanes of at least 4 members (excludes halogenated alkanes) is 2. The fourth-order valence-electron chi connectivity index (χ4n) is 2.06. The van der Waals surface area contributed by atoms with E-state index in [0.29, 0.717) is 5.82 Å². The molecule has 0 unspecified atom stereocenters. The molecule has 0 aliphatic heterocycles. The largest absolute Gasteiger partial charge is 0.371 e. The van der Waals surface area contributed by atoms with Crippen LogP contribution in [-0.2, 0) is 6.42 Å². The van der Waals surface area contributed by atoms with E-state index in [-0.39, 0.29) is 5.56 Å². The van der Waals surface area contributed by atoms with Crippen LogP contribution in [0.2, 0.25) is 0 Å². The average Bonchev–Trinajstić information content (AvgIpc) is 2.43. The molecule has 1 aromatic heterocycles. The van der Waals surface area contributed by atoms with Gasteiger partial charge in [-0.3, -0.25) is 14.8 Å². The number of rotatable bonds is 7. The number of benzene rings is 1. The third-order valence-electron chi connectivity index (χ3n) is 3.06. The van der Waals surface area contributed by atoms with Gasteiger partial charge in [0, 0.05) is 12.6 Å². The zero-order valence-corrected chi connectivity index (χ0v) is 11.3. The van der Waals surface area contributed by atoms with Crippen molar-refractivity contribution in [3.05, 3.63) is 62.8 Å². The van der Waals surface area contributed by atoms with Gasteiger partial charge in [-0.25, -0.2) is 4.79 Å². The number of nitrogens with one attached hydrogen (secondary N) is 3. The Morgan fingerprint density at radius 1 is 0.950 bits per heavy atom. The van der Waals surface area contributed by atoms with Gasteiger partial charge in [-0.1, -0.05) is 36.8 Å². The van der Waals surface area contributed by atoms with Crippen molar-refractivity contribution in [3.63, 3.8) is 0 Å². The zero-order valence-electron chi connectivity index (χ0n) is 11.3. The van der Waals surface area contributed by atoms with Gasteiger partial charge in [0.05, 0.1) is 0 Å². The highest BCUT2D eigenvalue weighted by Crippen LogP contribution is 2.06. The van der Waals surface area contributed by atoms with Gasteiger partial charge < -0.3 is 5.32 Å². The number of anilines is 1. The van der Waals surface area contributed by atoms with Gasteiger partial charge in [-0.2, -0.15) is 0 Å². The van der Waals surface area contributed by atoms with Gasteiger partial charge in [0.1, 0.15) is 5.82 Å². The van der Waals surface area contributed by atoms with E-state index in [2.05, 4.69) is 39.6 Å². The molecule has 20 heavy (non-hydrogen) atoms. The van der Waals surface area contributed by atoms with Crippen LogP contribution in [0.25, 0.3) is 0 Å². The van der Waals surface area contributed by atoms with E-state index in [0.717, 1.165) is 32.2 Å². The Balaban J connectivity index is 1.64. The van der Waals surface area contributed by atoms with Gasteiger partial charge in [0.25, 0.3) is 5.56 Å². The number of aromatic amines is 2. The molecule has 0 spiro atoms. The Hall–Kier alpha value is -2.30. The average molecular weight is 273 g/mol. The number of H-pyrrole nitrogens is 2. The molecule has 0 bridgehead atoms. The minimum absolute atomic E-state index is 0.389. The van der Waals surface area contributed by atoms with E-state index in [4.69, 9.17) is 0 Å². The van der Waals surface area contributed by atoms with Crippen molar-refractivity contribution in [2.45, 2.75) is 25.7 Å². The molecule has 5 heteroatoms. The normalized spacial score (nSPS) is 10.4. The lowest BCUT2D eigenvalue weighted by atomic mass is 10.1. The van der Waals surface area contributed by atoms with Crippen LogP contribution in [0.5, 0.6) is 0 Å². The molecule has 1 aromatic carbocycles. The number of hydrogen-bond acceptors (Lipinski definition) is 3. The molecule has 0 atom stereocenters. The van der Waals surface area contributed by atoms with Crippen LogP contribution in [0.4, 0.5) is 5.82 Å². The minimum Gasteiger partial charge on any atom is -0.371 e. The maximum atomic E-state index is 11.1. The molecule has 5 nitrogen and oxygen atoms in total. The zero-order chi connectivity index (χ0) is 14.2. The Kier molecular flexibility index (Phi) is 5.17. The number of aryl methyl sites for hydroxylation is 1. The van der Waals surface area contributed by atoms with E-state index < -0.39 is 5.69 Å². The Bertz CT molecular complexity index is 603. The van der Waals surface area contributed by atoms with Crippen LogP contribution in [0.1, 0.15) is 24.8 Å². The van der Waals surface area contributed by atoms with Crippen molar-refractivity contribution in [1.82, 2.24) is 9.97 Å². The van der Waals surface area contributed by atoms with E-state index in [1.54, 1.807) is 0 Å². The fraction of sp³-hybridized carbons (Fsp3) is 0.333. The maximum Gasteiger partial charge on any atom is 0.327 e.